The highest BCUT2D eigenvalue weighted by atomic mass is 32.2. The Kier molecular flexibility index (Phi) is 7.13. The van der Waals surface area contributed by atoms with Gasteiger partial charge in [-0.25, -0.2) is 0 Å². The van der Waals surface area contributed by atoms with Crippen LogP contribution in [-0.2, 0) is 4.79 Å². The van der Waals surface area contributed by atoms with Gasteiger partial charge in [0.2, 0.25) is 5.91 Å². The molecule has 5 nitrogen and oxygen atoms in total. The molecular weight excluding hydrogens is 308 g/mol. The molecule has 124 valence electrons. The fraction of sp³-hybridized carbons (Fsp3) is 0.471. The Labute approximate surface area is 141 Å². The van der Waals surface area contributed by atoms with Gasteiger partial charge in [0.05, 0.1) is 5.75 Å². The van der Waals surface area contributed by atoms with Gasteiger partial charge in [0.1, 0.15) is 6.33 Å². The molecule has 0 bridgehead atoms. The molecule has 0 aliphatic heterocycles. The van der Waals surface area contributed by atoms with E-state index in [4.69, 9.17) is 0 Å². The van der Waals surface area contributed by atoms with Crippen molar-refractivity contribution in [2.75, 3.05) is 5.75 Å². The number of hydrogen-bond acceptors (Lipinski definition) is 4. The molecule has 0 unspecified atom stereocenters. The molecule has 2 aromatic rings. The molecule has 0 radical (unpaired) electrons. The molecule has 0 fully saturated rings. The molecule has 1 aromatic heterocycles. The number of carbonyl (C=O) groups excluding carboxylic acids is 1. The second-order valence-corrected chi connectivity index (χ2v) is 6.51. The maximum Gasteiger partial charge on any atom is 0.230 e. The van der Waals surface area contributed by atoms with Crippen molar-refractivity contribution in [1.29, 1.82) is 0 Å². The molecule has 1 aromatic carbocycles. The van der Waals surface area contributed by atoms with Crippen LogP contribution in [0.15, 0.2) is 41.8 Å². The van der Waals surface area contributed by atoms with Crippen LogP contribution in [0, 0.1) is 0 Å². The number of nitrogens with one attached hydrogen (secondary N) is 1. The minimum atomic E-state index is 0.0432. The van der Waals surface area contributed by atoms with Crippen molar-refractivity contribution in [3.05, 3.63) is 36.7 Å². The number of thioether (sulfide) groups is 1. The summed E-state index contributed by atoms with van der Waals surface area (Å²) < 4.78 is 1.89. The Bertz CT molecular complexity index is 600. The zero-order chi connectivity index (χ0) is 16.5. The lowest BCUT2D eigenvalue weighted by Gasteiger charge is -2.13. The Hall–Kier alpha value is -1.82. The normalized spacial score (nSPS) is 12.1. The van der Waals surface area contributed by atoms with E-state index in [1.165, 1.54) is 24.6 Å². The summed E-state index contributed by atoms with van der Waals surface area (Å²) in [6.45, 7) is 4.24. The van der Waals surface area contributed by atoms with Crippen LogP contribution in [0.25, 0.3) is 5.69 Å². The molecular formula is C17H24N4OS. The van der Waals surface area contributed by atoms with Gasteiger partial charge in [-0.3, -0.25) is 9.36 Å². The van der Waals surface area contributed by atoms with Crippen LogP contribution in [0.2, 0.25) is 0 Å². The quantitative estimate of drug-likeness (QED) is 0.564. The van der Waals surface area contributed by atoms with Crippen molar-refractivity contribution in [2.24, 2.45) is 0 Å². The molecule has 0 spiro atoms. The van der Waals surface area contributed by atoms with Gasteiger partial charge in [-0.2, -0.15) is 0 Å². The standard InChI is InChI=1S/C17H24N4OS/c1-3-4-6-9-14(2)19-16(22)12-23-17-20-18-13-21(17)15-10-7-5-8-11-15/h5,7-8,10-11,13-14H,3-4,6,9,12H2,1-2H3,(H,19,22)/t14-/m0/s1. The fourth-order valence-electron chi connectivity index (χ4n) is 2.31. The third-order valence-corrected chi connectivity index (χ3v) is 4.47. The molecule has 1 amide bonds. The van der Waals surface area contributed by atoms with Crippen molar-refractivity contribution in [3.8, 4) is 5.69 Å². The number of rotatable bonds is 9. The molecule has 0 saturated carbocycles. The van der Waals surface area contributed by atoms with E-state index in [-0.39, 0.29) is 11.9 Å². The number of hydrogen-bond donors (Lipinski definition) is 1. The molecule has 0 aliphatic carbocycles. The number of para-hydroxylation sites is 1. The lowest BCUT2D eigenvalue weighted by Crippen LogP contribution is -2.33. The number of carbonyl (C=O) groups is 1. The van der Waals surface area contributed by atoms with Crippen LogP contribution in [0.3, 0.4) is 0 Å². The lowest BCUT2D eigenvalue weighted by atomic mass is 10.1. The molecule has 2 rings (SSSR count). The second kappa shape index (κ2) is 9.35. The minimum Gasteiger partial charge on any atom is -0.353 e. The van der Waals surface area contributed by atoms with Gasteiger partial charge in [-0.05, 0) is 25.5 Å². The summed E-state index contributed by atoms with van der Waals surface area (Å²) >= 11 is 1.40. The van der Waals surface area contributed by atoms with E-state index >= 15 is 0 Å². The van der Waals surface area contributed by atoms with Crippen LogP contribution in [0.4, 0.5) is 0 Å². The second-order valence-electron chi connectivity index (χ2n) is 5.57. The van der Waals surface area contributed by atoms with Gasteiger partial charge in [0.25, 0.3) is 0 Å². The molecule has 6 heteroatoms. The van der Waals surface area contributed by atoms with Gasteiger partial charge in [-0.15, -0.1) is 10.2 Å². The van der Waals surface area contributed by atoms with Crippen molar-refractivity contribution in [3.63, 3.8) is 0 Å². The maximum atomic E-state index is 12.0. The van der Waals surface area contributed by atoms with Gasteiger partial charge in [-0.1, -0.05) is 56.1 Å². The highest BCUT2D eigenvalue weighted by Crippen LogP contribution is 2.19. The number of amides is 1. The SMILES string of the molecule is CCCCC[C@H](C)NC(=O)CSc1nncn1-c1ccccc1. The lowest BCUT2D eigenvalue weighted by molar-refractivity contribution is -0.119. The third-order valence-electron chi connectivity index (χ3n) is 3.53. The van der Waals surface area contributed by atoms with E-state index in [0.29, 0.717) is 5.75 Å². The summed E-state index contributed by atoms with van der Waals surface area (Å²) in [4.78, 5) is 12.0. The maximum absolute atomic E-state index is 12.0. The zero-order valence-corrected chi connectivity index (χ0v) is 14.6. The summed E-state index contributed by atoms with van der Waals surface area (Å²) in [6.07, 6.45) is 6.28. The summed E-state index contributed by atoms with van der Waals surface area (Å²) in [7, 11) is 0. The molecule has 23 heavy (non-hydrogen) atoms. The smallest absolute Gasteiger partial charge is 0.230 e. The first-order chi connectivity index (χ1) is 11.2. The Morgan fingerprint density at radius 1 is 1.30 bits per heavy atom. The van der Waals surface area contributed by atoms with Crippen molar-refractivity contribution < 1.29 is 4.79 Å². The third kappa shape index (κ3) is 5.71. The van der Waals surface area contributed by atoms with E-state index in [9.17, 15) is 4.79 Å². The number of unbranched alkanes of at least 4 members (excludes halogenated alkanes) is 2. The first-order valence-corrected chi connectivity index (χ1v) is 9.07. The predicted molar refractivity (Wildman–Crippen MR) is 93.8 cm³/mol. The fourth-order valence-corrected chi connectivity index (χ4v) is 3.05. The summed E-state index contributed by atoms with van der Waals surface area (Å²) in [5.41, 5.74) is 0.994. The van der Waals surface area contributed by atoms with Crippen LogP contribution < -0.4 is 5.32 Å². The van der Waals surface area contributed by atoms with Crippen molar-refractivity contribution in [2.45, 2.75) is 50.7 Å². The van der Waals surface area contributed by atoms with E-state index in [0.717, 1.165) is 23.7 Å². The van der Waals surface area contributed by atoms with Gasteiger partial charge in [0.15, 0.2) is 5.16 Å². The zero-order valence-electron chi connectivity index (χ0n) is 13.7. The molecule has 1 N–H and O–H groups in total. The summed E-state index contributed by atoms with van der Waals surface area (Å²) in [5.74, 6) is 0.394. The van der Waals surface area contributed by atoms with Crippen molar-refractivity contribution in [1.82, 2.24) is 20.1 Å². The van der Waals surface area contributed by atoms with Crippen LogP contribution >= 0.6 is 11.8 Å². The highest BCUT2D eigenvalue weighted by molar-refractivity contribution is 7.99. The highest BCUT2D eigenvalue weighted by Gasteiger charge is 2.11. The Morgan fingerprint density at radius 2 is 2.09 bits per heavy atom. The first kappa shape index (κ1) is 17.5. The summed E-state index contributed by atoms with van der Waals surface area (Å²) in [5, 5.41) is 11.8. The van der Waals surface area contributed by atoms with Crippen LogP contribution in [0.1, 0.15) is 39.5 Å². The average Bonchev–Trinajstić information content (AvgIpc) is 3.02. The van der Waals surface area contributed by atoms with Crippen LogP contribution in [-0.4, -0.2) is 32.5 Å². The van der Waals surface area contributed by atoms with E-state index in [1.54, 1.807) is 6.33 Å². The monoisotopic (exact) mass is 332 g/mol. The topological polar surface area (TPSA) is 59.8 Å². The Morgan fingerprint density at radius 3 is 2.83 bits per heavy atom. The molecule has 0 saturated heterocycles. The molecule has 0 aliphatic rings. The average molecular weight is 332 g/mol. The number of nitrogens with zero attached hydrogens (tertiary/aromatic N) is 3. The van der Waals surface area contributed by atoms with E-state index in [2.05, 4.69) is 29.4 Å². The predicted octanol–water partition coefficient (Wildman–Crippen LogP) is 3.44. The largest absolute Gasteiger partial charge is 0.353 e. The molecule has 1 heterocycles. The number of aromatic nitrogens is 3. The van der Waals surface area contributed by atoms with Gasteiger partial charge in [0, 0.05) is 11.7 Å². The van der Waals surface area contributed by atoms with Gasteiger partial charge < -0.3 is 5.32 Å². The molecule has 1 atom stereocenters. The van der Waals surface area contributed by atoms with Crippen molar-refractivity contribution >= 4 is 17.7 Å². The van der Waals surface area contributed by atoms with E-state index in [1.807, 2.05) is 34.9 Å². The van der Waals surface area contributed by atoms with Gasteiger partial charge >= 0.3 is 0 Å². The Balaban J connectivity index is 1.82. The van der Waals surface area contributed by atoms with E-state index < -0.39 is 0 Å². The van der Waals surface area contributed by atoms with Crippen LogP contribution in [0.5, 0.6) is 0 Å². The number of benzene rings is 1. The summed E-state index contributed by atoms with van der Waals surface area (Å²) in [6, 6.07) is 10.1. The first-order valence-electron chi connectivity index (χ1n) is 8.08. The minimum absolute atomic E-state index is 0.0432.